The van der Waals surface area contributed by atoms with Gasteiger partial charge in [0.25, 0.3) is 0 Å². The molecule has 0 fully saturated rings. The summed E-state index contributed by atoms with van der Waals surface area (Å²) in [5.41, 5.74) is 1.14. The number of aryl methyl sites for hydroxylation is 1. The number of hydrogen-bond donors (Lipinski definition) is 0. The third-order valence-corrected chi connectivity index (χ3v) is 2.63. The van der Waals surface area contributed by atoms with Crippen LogP contribution in [0.3, 0.4) is 0 Å². The number of carbonyl (C=O) groups excluding carboxylic acids is 1. The number of esters is 1. The highest BCUT2D eigenvalue weighted by molar-refractivity contribution is 9.10. The predicted molar refractivity (Wildman–Crippen MR) is 54.6 cm³/mol. The third-order valence-electron chi connectivity index (χ3n) is 1.89. The van der Waals surface area contributed by atoms with Crippen LogP contribution in [0.15, 0.2) is 16.6 Å². The van der Waals surface area contributed by atoms with E-state index in [0.717, 1.165) is 4.47 Å². The molecular formula is C10H10BrFO2. The second kappa shape index (κ2) is 4.55. The van der Waals surface area contributed by atoms with Gasteiger partial charge in [0.1, 0.15) is 5.82 Å². The molecule has 1 rings (SSSR count). The highest BCUT2D eigenvalue weighted by atomic mass is 79.9. The zero-order valence-corrected chi connectivity index (χ0v) is 9.52. The molecular weight excluding hydrogens is 251 g/mol. The fourth-order valence-corrected chi connectivity index (χ4v) is 1.65. The molecule has 0 N–H and O–H groups in total. The Morgan fingerprint density at radius 3 is 2.79 bits per heavy atom. The van der Waals surface area contributed by atoms with E-state index in [9.17, 15) is 9.18 Å². The molecule has 0 spiro atoms. The number of benzene rings is 1. The molecule has 1 aromatic rings. The summed E-state index contributed by atoms with van der Waals surface area (Å²) in [4.78, 5) is 11.0. The lowest BCUT2D eigenvalue weighted by molar-refractivity contribution is -0.139. The number of hydrogen-bond acceptors (Lipinski definition) is 2. The summed E-state index contributed by atoms with van der Waals surface area (Å²) >= 11 is 3.26. The van der Waals surface area contributed by atoms with E-state index in [-0.39, 0.29) is 18.2 Å². The average molecular weight is 261 g/mol. The van der Waals surface area contributed by atoms with E-state index >= 15 is 0 Å². The quantitative estimate of drug-likeness (QED) is 0.765. The number of halogens is 2. The Balaban J connectivity index is 2.98. The van der Waals surface area contributed by atoms with Crippen molar-refractivity contribution in [3.8, 4) is 0 Å². The van der Waals surface area contributed by atoms with E-state index in [1.807, 2.05) is 0 Å². The molecule has 0 aliphatic carbocycles. The molecule has 0 heterocycles. The first-order chi connectivity index (χ1) is 6.54. The van der Waals surface area contributed by atoms with Gasteiger partial charge in [0.05, 0.1) is 13.5 Å². The van der Waals surface area contributed by atoms with Crippen molar-refractivity contribution in [2.45, 2.75) is 13.3 Å². The predicted octanol–water partition coefficient (Wildman–Crippen LogP) is 2.61. The van der Waals surface area contributed by atoms with Crippen molar-refractivity contribution in [2.75, 3.05) is 7.11 Å². The summed E-state index contributed by atoms with van der Waals surface area (Å²) in [6, 6.07) is 2.99. The van der Waals surface area contributed by atoms with Crippen molar-refractivity contribution >= 4 is 21.9 Å². The van der Waals surface area contributed by atoms with Crippen molar-refractivity contribution in [1.29, 1.82) is 0 Å². The van der Waals surface area contributed by atoms with Crippen LogP contribution in [-0.2, 0) is 16.0 Å². The molecule has 0 aliphatic heterocycles. The third kappa shape index (κ3) is 2.54. The van der Waals surface area contributed by atoms with Crippen LogP contribution < -0.4 is 0 Å². The van der Waals surface area contributed by atoms with Crippen molar-refractivity contribution < 1.29 is 13.9 Å². The Labute approximate surface area is 90.2 Å². The van der Waals surface area contributed by atoms with Gasteiger partial charge < -0.3 is 4.74 Å². The smallest absolute Gasteiger partial charge is 0.310 e. The van der Waals surface area contributed by atoms with Gasteiger partial charge in [-0.15, -0.1) is 0 Å². The van der Waals surface area contributed by atoms with E-state index in [4.69, 9.17) is 0 Å². The highest BCUT2D eigenvalue weighted by Gasteiger charge is 2.09. The molecule has 14 heavy (non-hydrogen) atoms. The summed E-state index contributed by atoms with van der Waals surface area (Å²) in [5.74, 6) is -0.693. The number of methoxy groups -OCH3 is 1. The number of carbonyl (C=O) groups is 1. The van der Waals surface area contributed by atoms with Crippen LogP contribution in [0.25, 0.3) is 0 Å². The molecule has 76 valence electrons. The maximum atomic E-state index is 13.1. The minimum Gasteiger partial charge on any atom is -0.469 e. The Hall–Kier alpha value is -0.900. The van der Waals surface area contributed by atoms with Gasteiger partial charge in [0, 0.05) is 4.47 Å². The lowest BCUT2D eigenvalue weighted by Gasteiger charge is -2.05. The van der Waals surface area contributed by atoms with E-state index in [1.165, 1.54) is 13.2 Å². The van der Waals surface area contributed by atoms with Gasteiger partial charge in [-0.05, 0) is 30.2 Å². The molecule has 0 radical (unpaired) electrons. The lowest BCUT2D eigenvalue weighted by Crippen LogP contribution is -2.05. The summed E-state index contributed by atoms with van der Waals surface area (Å²) in [6.45, 7) is 1.67. The molecule has 0 atom stereocenters. The van der Waals surface area contributed by atoms with Crippen molar-refractivity contribution in [2.24, 2.45) is 0 Å². The summed E-state index contributed by atoms with van der Waals surface area (Å²) in [6.07, 6.45) is 0.0777. The maximum absolute atomic E-state index is 13.1. The second-order valence-electron chi connectivity index (χ2n) is 2.95. The first kappa shape index (κ1) is 11.2. The molecule has 2 nitrogen and oxygen atoms in total. The van der Waals surface area contributed by atoms with Crippen LogP contribution in [-0.4, -0.2) is 13.1 Å². The topological polar surface area (TPSA) is 26.3 Å². The van der Waals surface area contributed by atoms with Crippen molar-refractivity contribution in [3.63, 3.8) is 0 Å². The molecule has 0 aliphatic rings. The summed E-state index contributed by atoms with van der Waals surface area (Å²) in [7, 11) is 1.31. The largest absolute Gasteiger partial charge is 0.469 e. The van der Waals surface area contributed by atoms with E-state index in [0.29, 0.717) is 11.1 Å². The van der Waals surface area contributed by atoms with Crippen LogP contribution in [0.5, 0.6) is 0 Å². The van der Waals surface area contributed by atoms with Crippen molar-refractivity contribution in [3.05, 3.63) is 33.5 Å². The second-order valence-corrected chi connectivity index (χ2v) is 3.80. The highest BCUT2D eigenvalue weighted by Crippen LogP contribution is 2.21. The van der Waals surface area contributed by atoms with E-state index < -0.39 is 0 Å². The van der Waals surface area contributed by atoms with Gasteiger partial charge >= 0.3 is 5.97 Å². The standard InChI is InChI=1S/C10H10BrFO2/c1-6-3-8(11)7(4-9(6)12)5-10(13)14-2/h3-4H,5H2,1-2H3. The minimum absolute atomic E-state index is 0.0777. The van der Waals surface area contributed by atoms with Crippen LogP contribution >= 0.6 is 15.9 Å². The average Bonchev–Trinajstić information content (AvgIpc) is 2.14. The van der Waals surface area contributed by atoms with Gasteiger partial charge in [0.15, 0.2) is 0 Å². The number of ether oxygens (including phenoxy) is 1. The van der Waals surface area contributed by atoms with Crippen molar-refractivity contribution in [1.82, 2.24) is 0 Å². The van der Waals surface area contributed by atoms with E-state index in [1.54, 1.807) is 13.0 Å². The molecule has 1 aromatic carbocycles. The van der Waals surface area contributed by atoms with Gasteiger partial charge in [-0.2, -0.15) is 0 Å². The Bertz CT molecular complexity index is 363. The van der Waals surface area contributed by atoms with E-state index in [2.05, 4.69) is 20.7 Å². The molecule has 4 heteroatoms. The van der Waals surface area contributed by atoms with Gasteiger partial charge in [-0.1, -0.05) is 15.9 Å². The maximum Gasteiger partial charge on any atom is 0.310 e. The molecule has 0 aromatic heterocycles. The molecule has 0 unspecified atom stereocenters. The van der Waals surface area contributed by atoms with Gasteiger partial charge in [-0.3, -0.25) is 4.79 Å². The first-order valence-electron chi connectivity index (χ1n) is 4.06. The zero-order valence-electron chi connectivity index (χ0n) is 7.93. The zero-order chi connectivity index (χ0) is 10.7. The number of rotatable bonds is 2. The molecule has 0 amide bonds. The monoisotopic (exact) mass is 260 g/mol. The fraction of sp³-hybridized carbons (Fsp3) is 0.300. The Morgan fingerprint density at radius 2 is 2.21 bits per heavy atom. The lowest BCUT2D eigenvalue weighted by atomic mass is 10.1. The Morgan fingerprint density at radius 1 is 1.57 bits per heavy atom. The van der Waals surface area contributed by atoms with Crippen LogP contribution in [0.1, 0.15) is 11.1 Å². The molecule has 0 saturated carbocycles. The van der Waals surface area contributed by atoms with Gasteiger partial charge in [-0.25, -0.2) is 4.39 Å². The van der Waals surface area contributed by atoms with Gasteiger partial charge in [0.2, 0.25) is 0 Å². The first-order valence-corrected chi connectivity index (χ1v) is 4.85. The van der Waals surface area contributed by atoms with Crippen LogP contribution in [0, 0.1) is 12.7 Å². The molecule has 0 bridgehead atoms. The summed E-state index contributed by atoms with van der Waals surface area (Å²) < 4.78 is 18.4. The Kier molecular flexibility index (Phi) is 3.63. The summed E-state index contributed by atoms with van der Waals surface area (Å²) in [5, 5.41) is 0. The van der Waals surface area contributed by atoms with Crippen LogP contribution in [0.4, 0.5) is 4.39 Å². The fourth-order valence-electron chi connectivity index (χ4n) is 1.05. The normalized spacial score (nSPS) is 10.0. The SMILES string of the molecule is COC(=O)Cc1cc(F)c(C)cc1Br. The van der Waals surface area contributed by atoms with Crippen LogP contribution in [0.2, 0.25) is 0 Å². The molecule has 0 saturated heterocycles. The minimum atomic E-state index is -0.381.